The molecule has 0 bridgehead atoms. The number of aryl methyl sites for hydroxylation is 1. The van der Waals surface area contributed by atoms with Gasteiger partial charge in [-0.3, -0.25) is 9.59 Å². The van der Waals surface area contributed by atoms with Gasteiger partial charge in [0.25, 0.3) is 5.91 Å². The number of benzene rings is 2. The Morgan fingerprint density at radius 3 is 2.60 bits per heavy atom. The predicted molar refractivity (Wildman–Crippen MR) is 96.1 cm³/mol. The normalized spacial score (nSPS) is 14.0. The Bertz CT molecular complexity index is 989. The van der Waals surface area contributed by atoms with Gasteiger partial charge in [-0.1, -0.05) is 30.3 Å². The zero-order valence-electron chi connectivity index (χ0n) is 13.9. The number of hydrogen-bond acceptors (Lipinski definition) is 2. The summed E-state index contributed by atoms with van der Waals surface area (Å²) in [6, 6.07) is 15.3. The van der Waals surface area contributed by atoms with Crippen LogP contribution in [0.1, 0.15) is 21.6 Å². The molecule has 5 nitrogen and oxygen atoms in total. The van der Waals surface area contributed by atoms with Crippen LogP contribution >= 0.6 is 0 Å². The molecule has 1 aliphatic heterocycles. The number of carboxylic acid groups (broad SMARTS) is 1. The molecule has 1 aliphatic rings. The topological polar surface area (TPSA) is 62.5 Å². The maximum atomic E-state index is 13.2. The number of carboxylic acids is 1. The summed E-state index contributed by atoms with van der Waals surface area (Å²) in [4.78, 5) is 26.3. The number of fused-ring (bicyclic) bond motifs is 3. The predicted octanol–water partition coefficient (Wildman–Crippen LogP) is 3.24. The van der Waals surface area contributed by atoms with E-state index in [2.05, 4.69) is 0 Å². The van der Waals surface area contributed by atoms with E-state index in [0.29, 0.717) is 18.7 Å². The average Bonchev–Trinajstić information content (AvgIpc) is 2.91. The van der Waals surface area contributed by atoms with Crippen LogP contribution in [0.2, 0.25) is 0 Å². The first-order valence-electron chi connectivity index (χ1n) is 8.27. The van der Waals surface area contributed by atoms with Crippen LogP contribution < -0.4 is 4.90 Å². The first-order valence-corrected chi connectivity index (χ1v) is 8.27. The minimum atomic E-state index is -0.953. The summed E-state index contributed by atoms with van der Waals surface area (Å²) in [5, 5.41) is 10.4. The maximum absolute atomic E-state index is 13.2. The van der Waals surface area contributed by atoms with Gasteiger partial charge in [-0.25, -0.2) is 0 Å². The van der Waals surface area contributed by atoms with Crippen molar-refractivity contribution in [2.75, 3.05) is 11.4 Å². The van der Waals surface area contributed by atoms with Crippen molar-refractivity contribution >= 4 is 28.5 Å². The minimum Gasteiger partial charge on any atom is -0.480 e. The SMILES string of the molecule is Cc1cccc2c1c1c(n2CC(=O)O)C(=O)N(c2ccccc2)CC1. The molecule has 1 N–H and O–H groups in total. The first-order chi connectivity index (χ1) is 12.1. The lowest BCUT2D eigenvalue weighted by Crippen LogP contribution is -2.39. The lowest BCUT2D eigenvalue weighted by molar-refractivity contribution is -0.137. The van der Waals surface area contributed by atoms with Gasteiger partial charge in [0.1, 0.15) is 12.2 Å². The monoisotopic (exact) mass is 334 g/mol. The number of anilines is 1. The molecule has 0 saturated heterocycles. The summed E-state index contributed by atoms with van der Waals surface area (Å²) < 4.78 is 1.65. The van der Waals surface area contributed by atoms with Gasteiger partial charge in [-0.15, -0.1) is 0 Å². The van der Waals surface area contributed by atoms with Gasteiger partial charge in [-0.05, 0) is 42.7 Å². The van der Waals surface area contributed by atoms with Crippen molar-refractivity contribution < 1.29 is 14.7 Å². The van der Waals surface area contributed by atoms with Crippen LogP contribution in [0, 0.1) is 6.92 Å². The van der Waals surface area contributed by atoms with Crippen LogP contribution in [0.4, 0.5) is 5.69 Å². The van der Waals surface area contributed by atoms with Crippen LogP contribution in [0.25, 0.3) is 10.9 Å². The highest BCUT2D eigenvalue weighted by atomic mass is 16.4. The molecule has 0 radical (unpaired) electrons. The number of amides is 1. The van der Waals surface area contributed by atoms with Crippen LogP contribution in [-0.4, -0.2) is 28.1 Å². The molecule has 4 rings (SSSR count). The molecule has 0 aliphatic carbocycles. The summed E-state index contributed by atoms with van der Waals surface area (Å²) in [5.41, 5.74) is 4.19. The number of nitrogens with zero attached hydrogens (tertiary/aromatic N) is 2. The van der Waals surface area contributed by atoms with Gasteiger partial charge in [-0.2, -0.15) is 0 Å². The highest BCUT2D eigenvalue weighted by molar-refractivity contribution is 6.11. The Labute approximate surface area is 145 Å². The molecule has 126 valence electrons. The van der Waals surface area contributed by atoms with Crippen molar-refractivity contribution in [2.24, 2.45) is 0 Å². The first kappa shape index (κ1) is 15.4. The Kier molecular flexibility index (Phi) is 3.57. The number of para-hydroxylation sites is 1. The fourth-order valence-electron chi connectivity index (χ4n) is 3.77. The molecule has 5 heteroatoms. The van der Waals surface area contributed by atoms with Gasteiger partial charge >= 0.3 is 5.97 Å². The van der Waals surface area contributed by atoms with Crippen LogP contribution in [0.3, 0.4) is 0 Å². The van der Waals surface area contributed by atoms with Crippen LogP contribution in [0.5, 0.6) is 0 Å². The third-order valence-electron chi connectivity index (χ3n) is 4.79. The molecule has 0 fully saturated rings. The van der Waals surface area contributed by atoms with E-state index in [0.717, 1.165) is 27.7 Å². The molecule has 0 atom stereocenters. The molecule has 1 amide bonds. The lowest BCUT2D eigenvalue weighted by atomic mass is 9.99. The number of aliphatic carboxylic acids is 1. The fourth-order valence-corrected chi connectivity index (χ4v) is 3.77. The van der Waals surface area contributed by atoms with Crippen molar-refractivity contribution in [3.8, 4) is 0 Å². The average molecular weight is 334 g/mol. The highest BCUT2D eigenvalue weighted by Gasteiger charge is 2.32. The summed E-state index contributed by atoms with van der Waals surface area (Å²) in [6.45, 7) is 2.38. The van der Waals surface area contributed by atoms with Crippen molar-refractivity contribution in [3.63, 3.8) is 0 Å². The molecule has 1 aromatic heterocycles. The minimum absolute atomic E-state index is 0.135. The molecular weight excluding hydrogens is 316 g/mol. The van der Waals surface area contributed by atoms with E-state index in [1.807, 2.05) is 55.5 Å². The smallest absolute Gasteiger partial charge is 0.323 e. The maximum Gasteiger partial charge on any atom is 0.323 e. The largest absolute Gasteiger partial charge is 0.480 e. The Balaban J connectivity index is 1.94. The van der Waals surface area contributed by atoms with Gasteiger partial charge in [0, 0.05) is 23.1 Å². The Hall–Kier alpha value is -3.08. The molecule has 2 heterocycles. The van der Waals surface area contributed by atoms with Gasteiger partial charge < -0.3 is 14.6 Å². The molecule has 0 spiro atoms. The Morgan fingerprint density at radius 2 is 1.88 bits per heavy atom. The van der Waals surface area contributed by atoms with E-state index in [1.165, 1.54) is 0 Å². The molecule has 25 heavy (non-hydrogen) atoms. The number of carbonyl (C=O) groups excluding carboxylic acids is 1. The lowest BCUT2D eigenvalue weighted by Gasteiger charge is -2.28. The van der Waals surface area contributed by atoms with E-state index in [-0.39, 0.29) is 12.5 Å². The standard InChI is InChI=1S/C20H18N2O3/c1-13-6-5-9-16-18(13)15-10-11-21(14-7-3-2-4-8-14)20(25)19(15)22(16)12-17(23)24/h2-9H,10-12H2,1H3,(H,23,24). The summed E-state index contributed by atoms with van der Waals surface area (Å²) in [6.07, 6.45) is 0.712. The number of hydrogen-bond donors (Lipinski definition) is 1. The molecular formula is C20H18N2O3. The molecule has 2 aromatic carbocycles. The summed E-state index contributed by atoms with van der Waals surface area (Å²) in [5.74, 6) is -1.09. The van der Waals surface area contributed by atoms with E-state index in [1.54, 1.807) is 9.47 Å². The molecule has 0 saturated carbocycles. The van der Waals surface area contributed by atoms with Crippen LogP contribution in [-0.2, 0) is 17.8 Å². The quantitative estimate of drug-likeness (QED) is 0.800. The number of rotatable bonds is 3. The van der Waals surface area contributed by atoms with E-state index in [9.17, 15) is 14.7 Å². The van der Waals surface area contributed by atoms with Gasteiger partial charge in [0.05, 0.1) is 0 Å². The number of aromatic nitrogens is 1. The van der Waals surface area contributed by atoms with Crippen LogP contribution in [0.15, 0.2) is 48.5 Å². The number of carbonyl (C=O) groups is 2. The third-order valence-corrected chi connectivity index (χ3v) is 4.79. The zero-order valence-corrected chi connectivity index (χ0v) is 13.9. The van der Waals surface area contributed by atoms with Crippen molar-refractivity contribution in [2.45, 2.75) is 19.9 Å². The second kappa shape index (κ2) is 5.77. The van der Waals surface area contributed by atoms with Crippen molar-refractivity contribution in [1.82, 2.24) is 4.57 Å². The van der Waals surface area contributed by atoms with Gasteiger partial charge in [0.2, 0.25) is 0 Å². The molecule has 0 unspecified atom stereocenters. The van der Waals surface area contributed by atoms with Crippen molar-refractivity contribution in [1.29, 1.82) is 0 Å². The Morgan fingerprint density at radius 1 is 1.12 bits per heavy atom. The molecule has 3 aromatic rings. The van der Waals surface area contributed by atoms with E-state index >= 15 is 0 Å². The van der Waals surface area contributed by atoms with E-state index < -0.39 is 5.97 Å². The third kappa shape index (κ3) is 2.39. The fraction of sp³-hybridized carbons (Fsp3) is 0.200. The van der Waals surface area contributed by atoms with Crippen molar-refractivity contribution in [3.05, 3.63) is 65.4 Å². The zero-order chi connectivity index (χ0) is 17.6. The summed E-state index contributed by atoms with van der Waals surface area (Å²) in [7, 11) is 0. The van der Waals surface area contributed by atoms with E-state index in [4.69, 9.17) is 0 Å². The second-order valence-corrected chi connectivity index (χ2v) is 6.32. The van der Waals surface area contributed by atoms with Gasteiger partial charge in [0.15, 0.2) is 0 Å². The summed E-state index contributed by atoms with van der Waals surface area (Å²) >= 11 is 0. The second-order valence-electron chi connectivity index (χ2n) is 6.32. The highest BCUT2D eigenvalue weighted by Crippen LogP contribution is 2.34.